The third-order valence-corrected chi connectivity index (χ3v) is 4.11. The fourth-order valence-corrected chi connectivity index (χ4v) is 3.09. The van der Waals surface area contributed by atoms with E-state index < -0.39 is 6.03 Å². The highest BCUT2D eigenvalue weighted by Crippen LogP contribution is 2.28. The minimum Gasteiger partial charge on any atom is -0.326 e. The number of nitrogens with one attached hydrogen (secondary N) is 3. The van der Waals surface area contributed by atoms with E-state index in [-0.39, 0.29) is 5.91 Å². The van der Waals surface area contributed by atoms with Crippen molar-refractivity contribution in [1.29, 1.82) is 5.26 Å². The van der Waals surface area contributed by atoms with Gasteiger partial charge in [0.1, 0.15) is 0 Å². The van der Waals surface area contributed by atoms with Gasteiger partial charge in [0.25, 0.3) is 0 Å². The molecular weight excluding hydrogens is 338 g/mol. The zero-order valence-electron chi connectivity index (χ0n) is 13.2. The molecule has 0 spiro atoms. The summed E-state index contributed by atoms with van der Waals surface area (Å²) in [5, 5.41) is 17.3. The van der Waals surface area contributed by atoms with Crippen LogP contribution in [0.1, 0.15) is 12.5 Å². The summed E-state index contributed by atoms with van der Waals surface area (Å²) < 4.78 is 0.841. The Morgan fingerprint density at radius 1 is 1.08 bits per heavy atom. The highest BCUT2D eigenvalue weighted by Gasteiger charge is 2.09. The zero-order valence-corrected chi connectivity index (χ0v) is 14.0. The van der Waals surface area contributed by atoms with Crippen molar-refractivity contribution in [3.63, 3.8) is 0 Å². The van der Waals surface area contributed by atoms with E-state index in [1.54, 1.807) is 42.5 Å². The van der Waals surface area contributed by atoms with Crippen molar-refractivity contribution in [2.45, 2.75) is 6.92 Å². The molecule has 0 unspecified atom stereocenters. The van der Waals surface area contributed by atoms with Crippen molar-refractivity contribution < 1.29 is 9.59 Å². The number of hydrogen-bond donors (Lipinski definition) is 3. The molecule has 0 aliphatic carbocycles. The predicted octanol–water partition coefficient (Wildman–Crippen LogP) is 3.77. The van der Waals surface area contributed by atoms with Crippen molar-refractivity contribution in [2.75, 3.05) is 16.0 Å². The minimum atomic E-state index is -0.448. The molecule has 0 saturated heterocycles. The molecule has 0 radical (unpaired) electrons. The summed E-state index contributed by atoms with van der Waals surface area (Å²) in [7, 11) is 0. The molecule has 8 heteroatoms. The molecule has 0 saturated carbocycles. The number of aromatic nitrogens is 1. The number of benzene rings is 2. The predicted molar refractivity (Wildman–Crippen MR) is 97.7 cm³/mol. The fourth-order valence-electron chi connectivity index (χ4n) is 2.19. The highest BCUT2D eigenvalue weighted by atomic mass is 32.1. The lowest BCUT2D eigenvalue weighted by Crippen LogP contribution is -2.19. The average molecular weight is 351 g/mol. The number of fused-ring (bicyclic) bond motifs is 1. The second-order valence-corrected chi connectivity index (χ2v) is 6.19. The monoisotopic (exact) mass is 351 g/mol. The molecule has 3 amide bonds. The minimum absolute atomic E-state index is 0.152. The van der Waals surface area contributed by atoms with E-state index in [1.807, 2.05) is 6.07 Å². The molecule has 0 aliphatic heterocycles. The molecule has 0 atom stereocenters. The van der Waals surface area contributed by atoms with Crippen LogP contribution in [0.15, 0.2) is 42.5 Å². The summed E-state index contributed by atoms with van der Waals surface area (Å²) >= 11 is 1.30. The van der Waals surface area contributed by atoms with E-state index in [2.05, 4.69) is 20.9 Å². The second-order valence-electron chi connectivity index (χ2n) is 5.15. The van der Waals surface area contributed by atoms with Crippen LogP contribution in [0.2, 0.25) is 0 Å². The van der Waals surface area contributed by atoms with Gasteiger partial charge in [-0.1, -0.05) is 17.4 Å². The number of carbonyl (C=O) groups is 2. The van der Waals surface area contributed by atoms with Crippen LogP contribution in [0.4, 0.5) is 21.3 Å². The summed E-state index contributed by atoms with van der Waals surface area (Å²) in [5.41, 5.74) is 2.38. The lowest BCUT2D eigenvalue weighted by atomic mass is 10.2. The average Bonchev–Trinajstić information content (AvgIpc) is 2.95. The number of thiazole rings is 1. The lowest BCUT2D eigenvalue weighted by molar-refractivity contribution is -0.114. The Morgan fingerprint density at radius 2 is 1.88 bits per heavy atom. The molecule has 1 aromatic heterocycles. The highest BCUT2D eigenvalue weighted by molar-refractivity contribution is 7.22. The smallest absolute Gasteiger partial charge is 0.325 e. The summed E-state index contributed by atoms with van der Waals surface area (Å²) in [6.45, 7) is 1.44. The van der Waals surface area contributed by atoms with Gasteiger partial charge in [0.05, 0.1) is 21.8 Å². The van der Waals surface area contributed by atoms with Crippen molar-refractivity contribution in [2.24, 2.45) is 0 Å². The third-order valence-electron chi connectivity index (χ3n) is 3.18. The van der Waals surface area contributed by atoms with E-state index in [9.17, 15) is 9.59 Å². The van der Waals surface area contributed by atoms with Gasteiger partial charge in [-0.3, -0.25) is 10.1 Å². The molecule has 0 aliphatic rings. The van der Waals surface area contributed by atoms with Crippen molar-refractivity contribution in [3.8, 4) is 6.07 Å². The number of amides is 3. The Morgan fingerprint density at radius 3 is 2.64 bits per heavy atom. The number of rotatable bonds is 3. The Balaban J connectivity index is 1.72. The maximum Gasteiger partial charge on any atom is 0.325 e. The van der Waals surface area contributed by atoms with Gasteiger partial charge in [-0.05, 0) is 36.4 Å². The molecule has 3 N–H and O–H groups in total. The Hall–Kier alpha value is -3.44. The van der Waals surface area contributed by atoms with Crippen LogP contribution in [0.3, 0.4) is 0 Å². The first kappa shape index (κ1) is 16.4. The van der Waals surface area contributed by atoms with E-state index in [4.69, 9.17) is 5.26 Å². The number of urea groups is 1. The van der Waals surface area contributed by atoms with Crippen LogP contribution in [-0.4, -0.2) is 16.9 Å². The van der Waals surface area contributed by atoms with Gasteiger partial charge in [0.15, 0.2) is 5.13 Å². The molecule has 25 heavy (non-hydrogen) atoms. The van der Waals surface area contributed by atoms with Gasteiger partial charge in [0.2, 0.25) is 5.91 Å². The number of nitriles is 1. The number of carbonyl (C=O) groups excluding carboxylic acids is 2. The summed E-state index contributed by atoms with van der Waals surface area (Å²) in [6, 6.07) is 13.5. The van der Waals surface area contributed by atoms with Crippen LogP contribution in [0, 0.1) is 11.3 Å². The quantitative estimate of drug-likeness (QED) is 0.667. The Labute approximate surface area is 147 Å². The van der Waals surface area contributed by atoms with E-state index in [0.717, 1.165) is 10.2 Å². The van der Waals surface area contributed by atoms with E-state index in [0.29, 0.717) is 22.1 Å². The molecule has 3 aromatic rings. The van der Waals surface area contributed by atoms with E-state index in [1.165, 1.54) is 18.3 Å². The Bertz CT molecular complexity index is 1010. The van der Waals surface area contributed by atoms with Crippen LogP contribution >= 0.6 is 11.3 Å². The van der Waals surface area contributed by atoms with Gasteiger partial charge in [0, 0.05) is 18.3 Å². The number of nitrogens with zero attached hydrogens (tertiary/aromatic N) is 2. The lowest BCUT2D eigenvalue weighted by Gasteiger charge is -2.05. The van der Waals surface area contributed by atoms with E-state index >= 15 is 0 Å². The van der Waals surface area contributed by atoms with Gasteiger partial charge in [-0.15, -0.1) is 0 Å². The summed E-state index contributed by atoms with van der Waals surface area (Å²) in [4.78, 5) is 27.5. The van der Waals surface area contributed by atoms with Crippen molar-refractivity contribution in [3.05, 3.63) is 48.0 Å². The van der Waals surface area contributed by atoms with Crippen LogP contribution in [-0.2, 0) is 4.79 Å². The molecule has 2 aromatic carbocycles. The fraction of sp³-hybridized carbons (Fsp3) is 0.0588. The maximum atomic E-state index is 12.1. The van der Waals surface area contributed by atoms with Gasteiger partial charge in [-0.2, -0.15) is 5.26 Å². The first-order valence-corrected chi connectivity index (χ1v) is 8.11. The Kier molecular flexibility index (Phi) is 4.59. The summed E-state index contributed by atoms with van der Waals surface area (Å²) in [5.74, 6) is -0.152. The first-order valence-electron chi connectivity index (χ1n) is 7.30. The summed E-state index contributed by atoms with van der Waals surface area (Å²) in [6.07, 6.45) is 0. The molecule has 3 rings (SSSR count). The van der Waals surface area contributed by atoms with Crippen molar-refractivity contribution >= 4 is 50.0 Å². The third kappa shape index (κ3) is 4.10. The van der Waals surface area contributed by atoms with Crippen LogP contribution < -0.4 is 16.0 Å². The zero-order chi connectivity index (χ0) is 17.8. The van der Waals surface area contributed by atoms with Crippen LogP contribution in [0.25, 0.3) is 10.2 Å². The molecule has 1 heterocycles. The standard InChI is InChI=1S/C17H13N5O2S/c1-10(23)19-13-5-6-14-15(8-13)25-17(21-14)22-16(24)20-12-4-2-3-11(7-12)9-18/h2-8H,1H3,(H,19,23)(H2,20,21,22,24). The number of hydrogen-bond acceptors (Lipinski definition) is 5. The topological polar surface area (TPSA) is 107 Å². The molecule has 0 bridgehead atoms. The van der Waals surface area contributed by atoms with Crippen LogP contribution in [0.5, 0.6) is 0 Å². The SMILES string of the molecule is CC(=O)Nc1ccc2nc(NC(=O)Nc3cccc(C#N)c3)sc2c1. The molecular formula is C17H13N5O2S. The second kappa shape index (κ2) is 6.98. The molecule has 124 valence electrons. The first-order chi connectivity index (χ1) is 12.0. The number of anilines is 3. The van der Waals surface area contributed by atoms with Gasteiger partial charge < -0.3 is 10.6 Å². The normalized spacial score (nSPS) is 10.1. The van der Waals surface area contributed by atoms with Gasteiger partial charge in [-0.25, -0.2) is 9.78 Å². The largest absolute Gasteiger partial charge is 0.326 e. The van der Waals surface area contributed by atoms with Crippen molar-refractivity contribution in [1.82, 2.24) is 4.98 Å². The molecule has 0 fully saturated rings. The molecule has 7 nitrogen and oxygen atoms in total. The maximum absolute atomic E-state index is 12.1. The van der Waals surface area contributed by atoms with Gasteiger partial charge >= 0.3 is 6.03 Å².